The zero-order chi connectivity index (χ0) is 24.1. The lowest BCUT2D eigenvalue weighted by molar-refractivity contribution is 0.165. The van der Waals surface area contributed by atoms with Crippen molar-refractivity contribution in [3.63, 3.8) is 0 Å². The van der Waals surface area contributed by atoms with Gasteiger partial charge in [0.2, 0.25) is 0 Å². The molecule has 5 rings (SSSR count). The summed E-state index contributed by atoms with van der Waals surface area (Å²) >= 11 is 0. The summed E-state index contributed by atoms with van der Waals surface area (Å²) in [6.07, 6.45) is 6.46. The molecule has 8 nitrogen and oxygen atoms in total. The van der Waals surface area contributed by atoms with Gasteiger partial charge in [0, 0.05) is 31.9 Å². The third-order valence-electron chi connectivity index (χ3n) is 5.88. The van der Waals surface area contributed by atoms with Crippen molar-refractivity contribution in [1.82, 2.24) is 19.4 Å². The SMILES string of the molecule is CN(C)C(=O)O.Nc1ncnc2c1c(-c1cccc(OCc3ccccc3)c1)cn2C1CCC1. The van der Waals surface area contributed by atoms with Crippen LogP contribution in [0.4, 0.5) is 10.6 Å². The van der Waals surface area contributed by atoms with E-state index in [1.54, 1.807) is 6.33 Å². The number of hydrogen-bond donors (Lipinski definition) is 2. The summed E-state index contributed by atoms with van der Waals surface area (Å²) in [5.41, 5.74) is 10.4. The highest BCUT2D eigenvalue weighted by molar-refractivity contribution is 6.00. The zero-order valence-corrected chi connectivity index (χ0v) is 19.4. The Kier molecular flexibility index (Phi) is 6.96. The number of anilines is 1. The Hall–Kier alpha value is -4.07. The van der Waals surface area contributed by atoms with Crippen LogP contribution in [0.1, 0.15) is 30.9 Å². The maximum absolute atomic E-state index is 9.62. The van der Waals surface area contributed by atoms with Gasteiger partial charge in [0.1, 0.15) is 30.1 Å². The van der Waals surface area contributed by atoms with Crippen molar-refractivity contribution in [3.8, 4) is 16.9 Å². The van der Waals surface area contributed by atoms with Crippen LogP contribution in [0.2, 0.25) is 0 Å². The molecule has 2 aromatic heterocycles. The summed E-state index contributed by atoms with van der Waals surface area (Å²) in [5, 5.41) is 8.84. The van der Waals surface area contributed by atoms with E-state index >= 15 is 0 Å². The topological polar surface area (TPSA) is 106 Å². The van der Waals surface area contributed by atoms with Gasteiger partial charge in [-0.2, -0.15) is 0 Å². The molecule has 0 saturated heterocycles. The van der Waals surface area contributed by atoms with Gasteiger partial charge >= 0.3 is 6.09 Å². The number of fused-ring (bicyclic) bond motifs is 1. The van der Waals surface area contributed by atoms with Crippen molar-refractivity contribution in [1.29, 1.82) is 0 Å². The molecule has 0 unspecified atom stereocenters. The number of rotatable bonds is 5. The van der Waals surface area contributed by atoms with E-state index in [0.717, 1.165) is 38.4 Å². The summed E-state index contributed by atoms with van der Waals surface area (Å²) in [6.45, 7) is 0.541. The number of amides is 1. The van der Waals surface area contributed by atoms with E-state index in [1.807, 2.05) is 30.3 Å². The van der Waals surface area contributed by atoms with Crippen molar-refractivity contribution in [2.45, 2.75) is 31.9 Å². The fraction of sp³-hybridized carbons (Fsp3) is 0.269. The minimum absolute atomic E-state index is 0.503. The second-order valence-electron chi connectivity index (χ2n) is 8.47. The van der Waals surface area contributed by atoms with E-state index in [2.05, 4.69) is 45.0 Å². The predicted molar refractivity (Wildman–Crippen MR) is 133 cm³/mol. The Morgan fingerprint density at radius 1 is 1.15 bits per heavy atom. The van der Waals surface area contributed by atoms with Crippen molar-refractivity contribution in [2.75, 3.05) is 19.8 Å². The fourth-order valence-electron chi connectivity index (χ4n) is 3.76. The molecule has 8 heteroatoms. The van der Waals surface area contributed by atoms with E-state index in [9.17, 15) is 4.79 Å². The van der Waals surface area contributed by atoms with E-state index in [0.29, 0.717) is 18.5 Å². The van der Waals surface area contributed by atoms with E-state index in [4.69, 9.17) is 15.6 Å². The van der Waals surface area contributed by atoms with Gasteiger partial charge in [0.25, 0.3) is 0 Å². The molecule has 1 aliphatic carbocycles. The average Bonchev–Trinajstić information content (AvgIpc) is 3.18. The molecule has 3 N–H and O–H groups in total. The number of nitrogens with zero attached hydrogens (tertiary/aromatic N) is 4. The third-order valence-corrected chi connectivity index (χ3v) is 5.88. The van der Waals surface area contributed by atoms with Crippen molar-refractivity contribution in [2.24, 2.45) is 0 Å². The molecule has 0 bridgehead atoms. The van der Waals surface area contributed by atoms with Crippen molar-refractivity contribution in [3.05, 3.63) is 72.7 Å². The first-order valence-electron chi connectivity index (χ1n) is 11.2. The first kappa shape index (κ1) is 23.1. The number of carbonyl (C=O) groups is 1. The second kappa shape index (κ2) is 10.2. The number of ether oxygens (including phenoxy) is 1. The number of nitrogen functional groups attached to an aromatic ring is 1. The highest BCUT2D eigenvalue weighted by atomic mass is 16.5. The quantitative estimate of drug-likeness (QED) is 0.424. The zero-order valence-electron chi connectivity index (χ0n) is 19.4. The molecule has 2 heterocycles. The minimum Gasteiger partial charge on any atom is -0.489 e. The summed E-state index contributed by atoms with van der Waals surface area (Å²) in [7, 11) is 2.95. The van der Waals surface area contributed by atoms with Crippen LogP contribution in [0.5, 0.6) is 5.75 Å². The molecule has 0 radical (unpaired) electrons. The van der Waals surface area contributed by atoms with Crippen LogP contribution in [0.25, 0.3) is 22.2 Å². The van der Waals surface area contributed by atoms with Crippen LogP contribution in [-0.4, -0.2) is 44.7 Å². The van der Waals surface area contributed by atoms with Gasteiger partial charge in [0.15, 0.2) is 0 Å². The van der Waals surface area contributed by atoms with E-state index in [-0.39, 0.29) is 0 Å². The van der Waals surface area contributed by atoms with Crippen LogP contribution < -0.4 is 10.5 Å². The molecular weight excluding hydrogens is 430 g/mol. The van der Waals surface area contributed by atoms with Gasteiger partial charge in [-0.05, 0) is 42.5 Å². The summed E-state index contributed by atoms with van der Waals surface area (Å²) in [5.74, 6) is 1.36. The van der Waals surface area contributed by atoms with Gasteiger partial charge in [-0.3, -0.25) is 0 Å². The Morgan fingerprint density at radius 2 is 1.88 bits per heavy atom. The molecule has 1 aliphatic rings. The van der Waals surface area contributed by atoms with Crippen LogP contribution in [0.15, 0.2) is 67.1 Å². The standard InChI is InChI=1S/C23H22N4O.C3H7NO2/c24-22-21-20(13-27(18-9-5-10-18)23(21)26-15-25-22)17-8-4-11-19(12-17)28-14-16-6-2-1-3-7-16;1-4(2)3(5)6/h1-4,6-8,11-13,15,18H,5,9-10,14H2,(H2,24,25,26);1-2H3,(H,5,6). The molecule has 0 spiro atoms. The third kappa shape index (κ3) is 5.11. The van der Waals surface area contributed by atoms with Crippen molar-refractivity contribution >= 4 is 22.9 Å². The van der Waals surface area contributed by atoms with Gasteiger partial charge in [-0.25, -0.2) is 14.8 Å². The van der Waals surface area contributed by atoms with Gasteiger partial charge in [0.05, 0.1) is 5.39 Å². The maximum atomic E-state index is 9.62. The monoisotopic (exact) mass is 459 g/mol. The van der Waals surface area contributed by atoms with Gasteiger partial charge < -0.3 is 25.0 Å². The first-order valence-corrected chi connectivity index (χ1v) is 11.2. The fourth-order valence-corrected chi connectivity index (χ4v) is 3.76. The minimum atomic E-state index is -0.907. The highest BCUT2D eigenvalue weighted by Gasteiger charge is 2.24. The Morgan fingerprint density at radius 3 is 2.53 bits per heavy atom. The summed E-state index contributed by atoms with van der Waals surface area (Å²) < 4.78 is 8.28. The number of hydrogen-bond acceptors (Lipinski definition) is 5. The number of nitrogens with two attached hydrogens (primary N) is 1. The average molecular weight is 460 g/mol. The second-order valence-corrected chi connectivity index (χ2v) is 8.47. The molecule has 0 atom stereocenters. The van der Waals surface area contributed by atoms with Gasteiger partial charge in [-0.1, -0.05) is 42.5 Å². The van der Waals surface area contributed by atoms with Crippen LogP contribution in [-0.2, 0) is 6.61 Å². The number of aromatic nitrogens is 3. The van der Waals surface area contributed by atoms with Gasteiger partial charge in [-0.15, -0.1) is 0 Å². The molecule has 1 saturated carbocycles. The summed E-state index contributed by atoms with van der Waals surface area (Å²) in [6, 6.07) is 18.8. The molecule has 1 fully saturated rings. The normalized spacial score (nSPS) is 13.0. The largest absolute Gasteiger partial charge is 0.489 e. The molecule has 0 aliphatic heterocycles. The Bertz CT molecular complexity index is 1270. The molecular formula is C26H29N5O3. The lowest BCUT2D eigenvalue weighted by atomic mass is 9.93. The van der Waals surface area contributed by atoms with Crippen LogP contribution in [0, 0.1) is 0 Å². The molecule has 1 amide bonds. The van der Waals surface area contributed by atoms with Crippen LogP contribution in [0.3, 0.4) is 0 Å². The lowest BCUT2D eigenvalue weighted by Gasteiger charge is -2.27. The van der Waals surface area contributed by atoms with E-state index < -0.39 is 6.09 Å². The predicted octanol–water partition coefficient (Wildman–Crippen LogP) is 5.21. The number of benzene rings is 2. The van der Waals surface area contributed by atoms with Crippen molar-refractivity contribution < 1.29 is 14.6 Å². The Balaban J connectivity index is 0.000000408. The van der Waals surface area contributed by atoms with Crippen LogP contribution >= 0.6 is 0 Å². The van der Waals surface area contributed by atoms with E-state index in [1.165, 1.54) is 33.4 Å². The number of carboxylic acid groups (broad SMARTS) is 1. The molecule has 176 valence electrons. The first-order chi connectivity index (χ1) is 16.4. The smallest absolute Gasteiger partial charge is 0.406 e. The molecule has 4 aromatic rings. The Labute approximate surface area is 198 Å². The highest BCUT2D eigenvalue weighted by Crippen LogP contribution is 2.40. The maximum Gasteiger partial charge on any atom is 0.406 e. The lowest BCUT2D eigenvalue weighted by Crippen LogP contribution is -2.18. The molecule has 2 aromatic carbocycles. The molecule has 34 heavy (non-hydrogen) atoms. The summed E-state index contributed by atoms with van der Waals surface area (Å²) in [4.78, 5) is 19.5.